The third-order valence-electron chi connectivity index (χ3n) is 4.30. The first-order chi connectivity index (χ1) is 14.3. The van der Waals surface area contributed by atoms with Gasteiger partial charge >= 0.3 is 0 Å². The number of carbonyl (C=O) groups is 1. The van der Waals surface area contributed by atoms with Gasteiger partial charge in [0.25, 0.3) is 5.91 Å². The van der Waals surface area contributed by atoms with E-state index in [9.17, 15) is 17.6 Å². The number of morpholine rings is 1. The number of aromatic nitrogens is 1. The third kappa shape index (κ3) is 4.41. The van der Waals surface area contributed by atoms with Gasteiger partial charge in [0.1, 0.15) is 21.4 Å². The van der Waals surface area contributed by atoms with Crippen LogP contribution in [0.4, 0.5) is 10.1 Å². The fraction of sp³-hybridized carbons (Fsp3) is 0.222. The smallest absolute Gasteiger partial charge is 0.275 e. The molecule has 7 nitrogen and oxygen atoms in total. The van der Waals surface area contributed by atoms with Crippen molar-refractivity contribution in [2.45, 2.75) is 4.90 Å². The number of thiazole rings is 1. The second kappa shape index (κ2) is 8.69. The van der Waals surface area contributed by atoms with E-state index in [1.54, 1.807) is 11.4 Å². The topological polar surface area (TPSA) is 88.6 Å². The highest BCUT2D eigenvalue weighted by atomic mass is 35.5. The number of anilines is 1. The van der Waals surface area contributed by atoms with Crippen LogP contribution in [0.15, 0.2) is 40.6 Å². The molecule has 1 amide bonds. The van der Waals surface area contributed by atoms with E-state index in [0.29, 0.717) is 9.34 Å². The number of ether oxygens (including phenoxy) is 1. The highest BCUT2D eigenvalue weighted by molar-refractivity contribution is 7.89. The molecule has 158 valence electrons. The van der Waals surface area contributed by atoms with Crippen LogP contribution in [0.1, 0.15) is 10.5 Å². The van der Waals surface area contributed by atoms with E-state index in [1.807, 2.05) is 6.07 Å². The van der Waals surface area contributed by atoms with Crippen molar-refractivity contribution < 1.29 is 22.3 Å². The van der Waals surface area contributed by atoms with Gasteiger partial charge in [0.15, 0.2) is 0 Å². The molecule has 1 aliphatic rings. The summed E-state index contributed by atoms with van der Waals surface area (Å²) in [5, 5.41) is 4.81. The van der Waals surface area contributed by atoms with Crippen LogP contribution in [0.5, 0.6) is 0 Å². The number of sulfonamides is 1. The van der Waals surface area contributed by atoms with E-state index < -0.39 is 26.6 Å². The second-order valence-electron chi connectivity index (χ2n) is 6.26. The van der Waals surface area contributed by atoms with Gasteiger partial charge in [0.05, 0.1) is 22.4 Å². The normalized spacial score (nSPS) is 15.3. The molecule has 0 radical (unpaired) electrons. The molecule has 12 heteroatoms. The minimum Gasteiger partial charge on any atom is -0.379 e. The Balaban J connectivity index is 1.55. The average molecular weight is 488 g/mol. The first-order valence-electron chi connectivity index (χ1n) is 8.74. The summed E-state index contributed by atoms with van der Waals surface area (Å²) in [6, 6.07) is 7.00. The van der Waals surface area contributed by atoms with Gasteiger partial charge < -0.3 is 10.1 Å². The van der Waals surface area contributed by atoms with Gasteiger partial charge in [-0.1, -0.05) is 11.6 Å². The van der Waals surface area contributed by atoms with Crippen molar-refractivity contribution in [2.75, 3.05) is 31.6 Å². The van der Waals surface area contributed by atoms with Gasteiger partial charge in [-0.05, 0) is 30.3 Å². The highest BCUT2D eigenvalue weighted by Crippen LogP contribution is 2.33. The lowest BCUT2D eigenvalue weighted by atomic mass is 10.3. The molecule has 0 aliphatic carbocycles. The van der Waals surface area contributed by atoms with Crippen LogP contribution >= 0.6 is 34.3 Å². The van der Waals surface area contributed by atoms with Crippen molar-refractivity contribution in [2.24, 2.45) is 0 Å². The first-order valence-corrected chi connectivity index (χ1v) is 12.3. The Morgan fingerprint density at radius 1 is 1.23 bits per heavy atom. The van der Waals surface area contributed by atoms with Crippen LogP contribution < -0.4 is 5.32 Å². The quantitative estimate of drug-likeness (QED) is 0.589. The van der Waals surface area contributed by atoms with E-state index in [-0.39, 0.29) is 37.7 Å². The molecule has 1 N–H and O–H groups in total. The maximum Gasteiger partial charge on any atom is 0.275 e. The molecule has 1 aliphatic heterocycles. The number of benzene rings is 1. The fourth-order valence-electron chi connectivity index (χ4n) is 2.82. The lowest BCUT2D eigenvalue weighted by Gasteiger charge is -2.26. The number of thiophene rings is 1. The monoisotopic (exact) mass is 487 g/mol. The molecule has 30 heavy (non-hydrogen) atoms. The average Bonchev–Trinajstić information content (AvgIpc) is 3.39. The zero-order valence-electron chi connectivity index (χ0n) is 15.3. The molecule has 0 spiro atoms. The van der Waals surface area contributed by atoms with Gasteiger partial charge in [-0.25, -0.2) is 17.8 Å². The number of nitrogens with zero attached hydrogens (tertiary/aromatic N) is 2. The van der Waals surface area contributed by atoms with Crippen molar-refractivity contribution in [3.8, 4) is 9.88 Å². The van der Waals surface area contributed by atoms with Crippen LogP contribution in [0.3, 0.4) is 0 Å². The molecular formula is C18H15ClFN3O4S3. The first kappa shape index (κ1) is 21.3. The number of nitrogens with one attached hydrogen (secondary N) is 1. The lowest BCUT2D eigenvalue weighted by Crippen LogP contribution is -2.40. The SMILES string of the molecule is O=C(Nc1ccc(F)c(S(=O)(=O)N2CCOCC2)c1)c1csc(-c2ccc(Cl)s2)n1. The summed E-state index contributed by atoms with van der Waals surface area (Å²) in [6.45, 7) is 0.789. The van der Waals surface area contributed by atoms with Crippen molar-refractivity contribution in [3.05, 3.63) is 51.6 Å². The Hall–Kier alpha value is -1.89. The number of carbonyl (C=O) groups excluding carboxylic acids is 1. The summed E-state index contributed by atoms with van der Waals surface area (Å²) in [6.07, 6.45) is 0. The van der Waals surface area contributed by atoms with Gasteiger partial charge in [-0.3, -0.25) is 4.79 Å². The summed E-state index contributed by atoms with van der Waals surface area (Å²) in [7, 11) is -4.04. The number of hydrogen-bond donors (Lipinski definition) is 1. The molecule has 0 atom stereocenters. The minimum atomic E-state index is -4.04. The van der Waals surface area contributed by atoms with Crippen LogP contribution in [-0.4, -0.2) is 49.9 Å². The molecule has 1 fully saturated rings. The molecule has 3 heterocycles. The van der Waals surface area contributed by atoms with E-state index in [0.717, 1.165) is 17.0 Å². The van der Waals surface area contributed by atoms with Crippen molar-refractivity contribution in [3.63, 3.8) is 0 Å². The number of rotatable bonds is 5. The Morgan fingerprint density at radius 2 is 2.00 bits per heavy atom. The van der Waals surface area contributed by atoms with Crippen LogP contribution in [-0.2, 0) is 14.8 Å². The molecule has 3 aromatic rings. The molecule has 4 rings (SSSR count). The Morgan fingerprint density at radius 3 is 2.70 bits per heavy atom. The molecular weight excluding hydrogens is 473 g/mol. The molecule has 0 saturated carbocycles. The third-order valence-corrected chi connectivity index (χ3v) is 8.45. The Bertz CT molecular complexity index is 1190. The summed E-state index contributed by atoms with van der Waals surface area (Å²) < 4.78 is 46.8. The van der Waals surface area contributed by atoms with Gasteiger partial charge in [0.2, 0.25) is 10.0 Å². The number of halogens is 2. The maximum absolute atomic E-state index is 14.3. The predicted molar refractivity (Wildman–Crippen MR) is 114 cm³/mol. The Labute approximate surface area is 185 Å². The molecule has 2 aromatic heterocycles. The summed E-state index contributed by atoms with van der Waals surface area (Å²) in [5.74, 6) is -1.41. The van der Waals surface area contributed by atoms with E-state index in [1.165, 1.54) is 33.0 Å². The standard InChI is InChI=1S/C18H15ClFN3O4S3/c19-16-4-3-14(29-16)18-22-13(10-28-18)17(24)21-11-1-2-12(20)15(9-11)30(25,26)23-5-7-27-8-6-23/h1-4,9-10H,5-8H2,(H,21,24). The van der Waals surface area contributed by atoms with Crippen LogP contribution in [0.2, 0.25) is 4.34 Å². The minimum absolute atomic E-state index is 0.146. The maximum atomic E-state index is 14.3. The second-order valence-corrected chi connectivity index (χ2v) is 10.7. The van der Waals surface area contributed by atoms with Crippen LogP contribution in [0, 0.1) is 5.82 Å². The number of hydrogen-bond acceptors (Lipinski definition) is 7. The molecule has 0 unspecified atom stereocenters. The van der Waals surface area contributed by atoms with Gasteiger partial charge in [-0.15, -0.1) is 22.7 Å². The van der Waals surface area contributed by atoms with E-state index >= 15 is 0 Å². The van der Waals surface area contributed by atoms with Gasteiger partial charge in [-0.2, -0.15) is 4.31 Å². The summed E-state index contributed by atoms with van der Waals surface area (Å²) in [4.78, 5) is 17.2. The zero-order valence-corrected chi connectivity index (χ0v) is 18.5. The highest BCUT2D eigenvalue weighted by Gasteiger charge is 2.29. The molecule has 0 bridgehead atoms. The predicted octanol–water partition coefficient (Wildman–Crippen LogP) is 3.94. The summed E-state index contributed by atoms with van der Waals surface area (Å²) in [5.41, 5.74) is 0.323. The van der Waals surface area contributed by atoms with Crippen molar-refractivity contribution in [1.82, 2.24) is 9.29 Å². The van der Waals surface area contributed by atoms with Gasteiger partial charge in [0, 0.05) is 24.2 Å². The fourth-order valence-corrected chi connectivity index (χ4v) is 6.23. The number of amides is 1. The van der Waals surface area contributed by atoms with E-state index in [2.05, 4.69) is 10.3 Å². The van der Waals surface area contributed by atoms with Crippen LogP contribution in [0.25, 0.3) is 9.88 Å². The molecule has 1 aromatic carbocycles. The lowest BCUT2D eigenvalue weighted by molar-refractivity contribution is 0.0729. The summed E-state index contributed by atoms with van der Waals surface area (Å²) >= 11 is 8.57. The zero-order chi connectivity index (χ0) is 21.3. The largest absolute Gasteiger partial charge is 0.379 e. The van der Waals surface area contributed by atoms with Crippen molar-refractivity contribution in [1.29, 1.82) is 0 Å². The van der Waals surface area contributed by atoms with Crippen molar-refractivity contribution >= 4 is 55.9 Å². The molecule has 1 saturated heterocycles. The van der Waals surface area contributed by atoms with E-state index in [4.69, 9.17) is 16.3 Å². The Kier molecular flexibility index (Phi) is 6.19.